The van der Waals surface area contributed by atoms with Crippen LogP contribution < -0.4 is 5.32 Å². The van der Waals surface area contributed by atoms with Crippen molar-refractivity contribution in [1.82, 2.24) is 5.32 Å². The highest BCUT2D eigenvalue weighted by molar-refractivity contribution is 4.80. The fourth-order valence-corrected chi connectivity index (χ4v) is 0.455. The summed E-state index contributed by atoms with van der Waals surface area (Å²) >= 11 is 0. The molecule has 1 N–H and O–H groups in total. The van der Waals surface area contributed by atoms with Crippen LogP contribution in [0.15, 0.2) is 12.7 Å². The molecular weight excluding hydrogens is 98.1 g/mol. The van der Waals surface area contributed by atoms with Gasteiger partial charge in [-0.25, -0.2) is 0 Å². The highest BCUT2D eigenvalue weighted by Crippen LogP contribution is 1.80. The molecule has 1 nitrogen and oxygen atoms in total. The lowest BCUT2D eigenvalue weighted by atomic mass is 10.3. The Bertz CT molecular complexity index is 59.4. The number of rotatable bonds is 4. The Labute approximate surface area is 51.8 Å². The molecule has 0 amide bonds. The van der Waals surface area contributed by atoms with E-state index in [0.717, 1.165) is 6.54 Å². The van der Waals surface area contributed by atoms with Gasteiger partial charge in [0.25, 0.3) is 0 Å². The maximum Gasteiger partial charge on any atom is 0.0219 e. The largest absolute Gasteiger partial charge is 0.311 e. The summed E-state index contributed by atoms with van der Waals surface area (Å²) in [7, 11) is 0. The lowest BCUT2D eigenvalue weighted by molar-refractivity contribution is 0.625. The lowest BCUT2D eigenvalue weighted by Gasteiger charge is -2.05. The molecule has 0 spiro atoms. The van der Waals surface area contributed by atoms with Crippen molar-refractivity contribution in [2.45, 2.75) is 26.3 Å². The summed E-state index contributed by atoms with van der Waals surface area (Å²) in [6, 6.07) is 0.468. The van der Waals surface area contributed by atoms with Crippen molar-refractivity contribution in [3.8, 4) is 0 Å². The average Bonchev–Trinajstić information content (AvgIpc) is 1.83. The van der Waals surface area contributed by atoms with Crippen molar-refractivity contribution in [2.24, 2.45) is 0 Å². The molecule has 0 saturated heterocycles. The van der Waals surface area contributed by atoms with Gasteiger partial charge in [0.1, 0.15) is 0 Å². The molecule has 0 heterocycles. The first-order valence-electron chi connectivity index (χ1n) is 3.17. The van der Waals surface area contributed by atoms with Crippen LogP contribution in [0, 0.1) is 0 Å². The summed E-state index contributed by atoms with van der Waals surface area (Å²) in [5, 5.41) is 3.26. The molecule has 0 unspecified atom stereocenters. The van der Waals surface area contributed by atoms with Crippen LogP contribution >= 0.6 is 0 Å². The molecule has 48 valence electrons. The molecule has 0 bridgehead atoms. The van der Waals surface area contributed by atoms with Crippen molar-refractivity contribution in [1.29, 1.82) is 0 Å². The molecule has 0 rings (SSSR count). The Hall–Kier alpha value is -0.300. The predicted molar refractivity (Wildman–Crippen MR) is 38.0 cm³/mol. The van der Waals surface area contributed by atoms with Gasteiger partial charge in [-0.1, -0.05) is 13.0 Å². The van der Waals surface area contributed by atoms with Gasteiger partial charge in [-0.05, 0) is 19.9 Å². The van der Waals surface area contributed by atoms with Crippen molar-refractivity contribution in [2.75, 3.05) is 6.54 Å². The molecule has 1 atom stereocenters. The summed E-state index contributed by atoms with van der Waals surface area (Å²) in [6.07, 6.45) is 3.10. The maximum absolute atomic E-state index is 3.65. The zero-order valence-corrected chi connectivity index (χ0v) is 5.78. The Morgan fingerprint density at radius 3 is 2.75 bits per heavy atom. The van der Waals surface area contributed by atoms with E-state index in [4.69, 9.17) is 0 Å². The second kappa shape index (κ2) is 4.85. The summed E-state index contributed by atoms with van der Waals surface area (Å²) in [6.45, 7) is 9.00. The highest BCUT2D eigenvalue weighted by atomic mass is 14.9. The molecule has 8 heavy (non-hydrogen) atoms. The third-order valence-electron chi connectivity index (χ3n) is 1.07. The zero-order valence-electron chi connectivity index (χ0n) is 5.78. The van der Waals surface area contributed by atoms with Crippen LogP contribution in [0.25, 0.3) is 0 Å². The van der Waals surface area contributed by atoms with Gasteiger partial charge in [-0.3, -0.25) is 0 Å². The minimum Gasteiger partial charge on any atom is -0.311 e. The smallest absolute Gasteiger partial charge is 0.0219 e. The Morgan fingerprint density at radius 1 is 1.75 bits per heavy atom. The van der Waals surface area contributed by atoms with Gasteiger partial charge in [-0.15, -0.1) is 6.58 Å². The third-order valence-corrected chi connectivity index (χ3v) is 1.07. The molecule has 0 aromatic heterocycles. The van der Waals surface area contributed by atoms with E-state index >= 15 is 0 Å². The van der Waals surface area contributed by atoms with Gasteiger partial charge in [0.15, 0.2) is 0 Å². The molecular formula is C7H15N. The molecule has 0 aliphatic rings. The van der Waals surface area contributed by atoms with Crippen LogP contribution in [0.2, 0.25) is 0 Å². The van der Waals surface area contributed by atoms with E-state index in [1.807, 2.05) is 6.08 Å². The van der Waals surface area contributed by atoms with Crippen molar-refractivity contribution >= 4 is 0 Å². The molecule has 0 fully saturated rings. The summed E-state index contributed by atoms with van der Waals surface area (Å²) in [5.41, 5.74) is 0. The van der Waals surface area contributed by atoms with Gasteiger partial charge in [0.2, 0.25) is 0 Å². The van der Waals surface area contributed by atoms with Gasteiger partial charge in [0.05, 0.1) is 0 Å². The van der Waals surface area contributed by atoms with E-state index in [0.29, 0.717) is 6.04 Å². The van der Waals surface area contributed by atoms with Crippen LogP contribution in [0.4, 0.5) is 0 Å². The molecule has 0 aliphatic carbocycles. The van der Waals surface area contributed by atoms with E-state index in [1.165, 1.54) is 6.42 Å². The molecule has 0 aromatic rings. The van der Waals surface area contributed by atoms with Crippen LogP contribution in [-0.4, -0.2) is 12.6 Å². The first kappa shape index (κ1) is 7.70. The summed E-state index contributed by atoms with van der Waals surface area (Å²) in [5.74, 6) is 0. The molecule has 0 aromatic carbocycles. The van der Waals surface area contributed by atoms with Gasteiger partial charge >= 0.3 is 0 Å². The van der Waals surface area contributed by atoms with Crippen LogP contribution in [-0.2, 0) is 0 Å². The summed E-state index contributed by atoms with van der Waals surface area (Å²) < 4.78 is 0. The van der Waals surface area contributed by atoms with E-state index in [2.05, 4.69) is 25.7 Å². The molecule has 0 saturated carbocycles. The topological polar surface area (TPSA) is 12.0 Å². The highest BCUT2D eigenvalue weighted by Gasteiger charge is 1.88. The lowest BCUT2D eigenvalue weighted by Crippen LogP contribution is -2.23. The summed E-state index contributed by atoms with van der Waals surface area (Å²) in [4.78, 5) is 0. The standard InChI is InChI=1S/C7H15N/c1-4-6-8-7(3)5-2/h5,7-8H,2,4,6H2,1,3H3/t7-/m0/s1. The van der Waals surface area contributed by atoms with Crippen molar-refractivity contribution < 1.29 is 0 Å². The fraction of sp³-hybridized carbons (Fsp3) is 0.714. The minimum atomic E-state index is 0.468. The fourth-order valence-electron chi connectivity index (χ4n) is 0.455. The number of hydrogen-bond donors (Lipinski definition) is 1. The van der Waals surface area contributed by atoms with E-state index in [-0.39, 0.29) is 0 Å². The van der Waals surface area contributed by atoms with Gasteiger partial charge in [-0.2, -0.15) is 0 Å². The van der Waals surface area contributed by atoms with Gasteiger partial charge < -0.3 is 5.32 Å². The van der Waals surface area contributed by atoms with Crippen LogP contribution in [0.3, 0.4) is 0 Å². The molecule has 0 aliphatic heterocycles. The van der Waals surface area contributed by atoms with Crippen LogP contribution in [0.5, 0.6) is 0 Å². The Kier molecular flexibility index (Phi) is 4.67. The van der Waals surface area contributed by atoms with E-state index in [9.17, 15) is 0 Å². The second-order valence-corrected chi connectivity index (χ2v) is 1.98. The first-order chi connectivity index (χ1) is 3.81. The third kappa shape index (κ3) is 3.88. The number of nitrogens with one attached hydrogen (secondary N) is 1. The number of hydrogen-bond acceptors (Lipinski definition) is 1. The molecule has 0 radical (unpaired) electrons. The minimum absolute atomic E-state index is 0.468. The second-order valence-electron chi connectivity index (χ2n) is 1.98. The normalized spacial score (nSPS) is 13.2. The maximum atomic E-state index is 3.65. The average molecular weight is 113 g/mol. The van der Waals surface area contributed by atoms with Crippen molar-refractivity contribution in [3.05, 3.63) is 12.7 Å². The molecule has 1 heteroatoms. The Morgan fingerprint density at radius 2 is 2.38 bits per heavy atom. The zero-order chi connectivity index (χ0) is 6.41. The van der Waals surface area contributed by atoms with Crippen molar-refractivity contribution in [3.63, 3.8) is 0 Å². The van der Waals surface area contributed by atoms with Crippen LogP contribution in [0.1, 0.15) is 20.3 Å². The quantitative estimate of drug-likeness (QED) is 0.545. The van der Waals surface area contributed by atoms with Gasteiger partial charge in [0, 0.05) is 6.04 Å². The first-order valence-corrected chi connectivity index (χ1v) is 3.17. The predicted octanol–water partition coefficient (Wildman–Crippen LogP) is 1.56. The van der Waals surface area contributed by atoms with E-state index in [1.54, 1.807) is 0 Å². The van der Waals surface area contributed by atoms with E-state index < -0.39 is 0 Å². The Balaban J connectivity index is 2.98. The SMILES string of the molecule is C=C[C@H](C)NCCC. The monoisotopic (exact) mass is 113 g/mol.